The van der Waals surface area contributed by atoms with Gasteiger partial charge in [-0.2, -0.15) is 0 Å². The summed E-state index contributed by atoms with van der Waals surface area (Å²) in [6, 6.07) is 7.61. The summed E-state index contributed by atoms with van der Waals surface area (Å²) in [5.74, 6) is -4.38. The van der Waals surface area contributed by atoms with Crippen molar-refractivity contribution in [3.05, 3.63) is 53.5 Å². The van der Waals surface area contributed by atoms with Gasteiger partial charge in [0.15, 0.2) is 11.6 Å². The van der Waals surface area contributed by atoms with Crippen LogP contribution < -0.4 is 0 Å². The van der Waals surface area contributed by atoms with Crippen LogP contribution in [0.4, 0.5) is 13.2 Å². The van der Waals surface area contributed by atoms with Crippen molar-refractivity contribution < 1.29 is 23.1 Å². The second kappa shape index (κ2) is 5.84. The van der Waals surface area contributed by atoms with Crippen LogP contribution in [-0.2, 0) is 11.3 Å². The number of halogens is 3. The molecular weight excluding hydrogens is 365 g/mol. The number of carboxylic acids is 1. The fourth-order valence-electron chi connectivity index (χ4n) is 3.13. The van der Waals surface area contributed by atoms with Crippen molar-refractivity contribution in [2.75, 3.05) is 0 Å². The zero-order chi connectivity index (χ0) is 18.6. The molecule has 0 amide bonds. The normalized spacial score (nSPS) is 11.5. The van der Waals surface area contributed by atoms with Crippen LogP contribution in [0.3, 0.4) is 0 Å². The minimum absolute atomic E-state index is 0.0756. The summed E-state index contributed by atoms with van der Waals surface area (Å²) >= 11 is 0.908. The molecule has 2 aromatic heterocycles. The third-order valence-electron chi connectivity index (χ3n) is 4.25. The van der Waals surface area contributed by atoms with Crippen LogP contribution in [0.15, 0.2) is 30.3 Å². The summed E-state index contributed by atoms with van der Waals surface area (Å²) in [4.78, 5) is 15.3. The van der Waals surface area contributed by atoms with Gasteiger partial charge in [-0.15, -0.1) is 11.3 Å². The first-order valence-electron chi connectivity index (χ1n) is 7.62. The summed E-state index contributed by atoms with van der Waals surface area (Å²) in [5.41, 5.74) is 1.50. The highest BCUT2D eigenvalue weighted by Crippen LogP contribution is 2.40. The molecule has 132 valence electrons. The zero-order valence-corrected chi connectivity index (χ0v) is 14.2. The highest BCUT2D eigenvalue weighted by molar-refractivity contribution is 7.21. The molecule has 2 aromatic carbocycles. The van der Waals surface area contributed by atoms with E-state index >= 15 is 0 Å². The van der Waals surface area contributed by atoms with E-state index in [1.54, 1.807) is 35.8 Å². The van der Waals surface area contributed by atoms with Gasteiger partial charge in [0.1, 0.15) is 22.9 Å². The van der Waals surface area contributed by atoms with Crippen LogP contribution >= 0.6 is 11.3 Å². The first kappa shape index (κ1) is 16.6. The van der Waals surface area contributed by atoms with E-state index in [1.165, 1.54) is 0 Å². The summed E-state index contributed by atoms with van der Waals surface area (Å²) in [5, 5.41) is 10.2. The van der Waals surface area contributed by atoms with Gasteiger partial charge in [0.05, 0.1) is 4.70 Å². The number of hydrogen-bond acceptors (Lipinski definition) is 3. The Morgan fingerprint density at radius 1 is 1.23 bits per heavy atom. The molecule has 8 heteroatoms. The van der Waals surface area contributed by atoms with Gasteiger partial charge < -0.3 is 9.67 Å². The predicted octanol–water partition coefficient (Wildman–Crippen LogP) is 4.73. The van der Waals surface area contributed by atoms with Crippen molar-refractivity contribution in [1.29, 1.82) is 0 Å². The van der Waals surface area contributed by atoms with Crippen molar-refractivity contribution in [2.45, 2.75) is 13.5 Å². The second-order valence-corrected chi connectivity index (χ2v) is 6.81. The van der Waals surface area contributed by atoms with Crippen LogP contribution in [0, 0.1) is 24.4 Å². The quantitative estimate of drug-likeness (QED) is 0.526. The van der Waals surface area contributed by atoms with Crippen LogP contribution in [0.2, 0.25) is 0 Å². The van der Waals surface area contributed by atoms with Gasteiger partial charge in [-0.05, 0) is 13.0 Å². The van der Waals surface area contributed by atoms with Crippen LogP contribution in [-0.4, -0.2) is 20.6 Å². The van der Waals surface area contributed by atoms with Crippen molar-refractivity contribution in [3.8, 4) is 10.6 Å². The molecular formula is C18H11F3N2O2S. The lowest BCUT2D eigenvalue weighted by molar-refractivity contribution is -0.137. The fraction of sp³-hybridized carbons (Fsp3) is 0.111. The Morgan fingerprint density at radius 3 is 2.69 bits per heavy atom. The first-order chi connectivity index (χ1) is 12.4. The fourth-order valence-corrected chi connectivity index (χ4v) is 4.21. The maximum absolute atomic E-state index is 14.0. The van der Waals surface area contributed by atoms with Crippen molar-refractivity contribution in [1.82, 2.24) is 9.55 Å². The molecule has 4 rings (SSSR count). The lowest BCUT2D eigenvalue weighted by Crippen LogP contribution is -2.09. The number of aliphatic carboxylic acids is 1. The summed E-state index contributed by atoms with van der Waals surface area (Å²) in [6.07, 6.45) is 0. The van der Waals surface area contributed by atoms with Crippen LogP contribution in [0.5, 0.6) is 0 Å². The lowest BCUT2D eigenvalue weighted by atomic mass is 10.1. The number of nitrogens with zero attached hydrogens (tertiary/aromatic N) is 2. The molecule has 0 aliphatic rings. The molecule has 0 bridgehead atoms. The Bertz CT molecular complexity index is 1200. The number of benzene rings is 2. The van der Waals surface area contributed by atoms with Gasteiger partial charge >= 0.3 is 5.97 Å². The lowest BCUT2D eigenvalue weighted by Gasteiger charge is -2.04. The maximum atomic E-state index is 14.0. The van der Waals surface area contributed by atoms with Crippen molar-refractivity contribution >= 4 is 38.4 Å². The van der Waals surface area contributed by atoms with Crippen LogP contribution in [0.25, 0.3) is 31.7 Å². The van der Waals surface area contributed by atoms with E-state index in [9.17, 15) is 23.1 Å². The maximum Gasteiger partial charge on any atom is 0.323 e. The molecule has 4 aromatic rings. The molecule has 0 saturated heterocycles. The van der Waals surface area contributed by atoms with Crippen LogP contribution in [0.1, 0.15) is 5.69 Å². The van der Waals surface area contributed by atoms with E-state index in [4.69, 9.17) is 0 Å². The van der Waals surface area contributed by atoms with Gasteiger partial charge in [0.25, 0.3) is 0 Å². The Kier molecular flexibility index (Phi) is 3.73. The van der Waals surface area contributed by atoms with E-state index in [-0.39, 0.29) is 16.8 Å². The summed E-state index contributed by atoms with van der Waals surface area (Å²) in [6.45, 7) is 1.46. The monoisotopic (exact) mass is 376 g/mol. The van der Waals surface area contributed by atoms with E-state index in [0.717, 1.165) is 11.3 Å². The van der Waals surface area contributed by atoms with Crippen molar-refractivity contribution in [3.63, 3.8) is 0 Å². The second-order valence-electron chi connectivity index (χ2n) is 5.81. The van der Waals surface area contributed by atoms with Crippen molar-refractivity contribution in [2.24, 2.45) is 0 Å². The topological polar surface area (TPSA) is 55.1 Å². The molecule has 0 atom stereocenters. The number of carboxylic acid groups (broad SMARTS) is 1. The highest BCUT2D eigenvalue weighted by Gasteiger charge is 2.23. The van der Waals surface area contributed by atoms with Gasteiger partial charge in [0.2, 0.25) is 0 Å². The Balaban J connectivity index is 2.05. The smallest absolute Gasteiger partial charge is 0.323 e. The Hall–Kier alpha value is -2.87. The van der Waals surface area contributed by atoms with E-state index < -0.39 is 23.4 Å². The van der Waals surface area contributed by atoms with E-state index in [1.807, 2.05) is 0 Å². The Labute approximate surface area is 149 Å². The number of aromatic nitrogens is 2. The molecule has 0 radical (unpaired) electrons. The third-order valence-corrected chi connectivity index (χ3v) is 5.33. The minimum atomic E-state index is -1.29. The zero-order valence-electron chi connectivity index (χ0n) is 13.4. The minimum Gasteiger partial charge on any atom is -0.480 e. The number of carbonyl (C=O) groups is 1. The van der Waals surface area contributed by atoms with E-state index in [2.05, 4.69) is 4.98 Å². The van der Waals surface area contributed by atoms with Gasteiger partial charge in [-0.25, -0.2) is 18.2 Å². The highest BCUT2D eigenvalue weighted by atomic mass is 32.1. The molecule has 2 heterocycles. The third kappa shape index (κ3) is 2.37. The van der Waals surface area contributed by atoms with Gasteiger partial charge in [-0.3, -0.25) is 4.79 Å². The molecule has 26 heavy (non-hydrogen) atoms. The number of thiazole rings is 1. The number of fused-ring (bicyclic) bond motifs is 2. The Morgan fingerprint density at radius 2 is 1.96 bits per heavy atom. The SMILES string of the molecule is Cc1c(-c2nc3c(F)c(F)cc(F)c3s2)c2ccccc2n1CC(=O)O. The molecule has 0 aliphatic carbocycles. The number of rotatable bonds is 3. The molecule has 0 unspecified atom stereocenters. The average molecular weight is 376 g/mol. The van der Waals surface area contributed by atoms with Gasteiger partial charge in [-0.1, -0.05) is 18.2 Å². The largest absolute Gasteiger partial charge is 0.480 e. The number of para-hydroxylation sites is 1. The molecule has 0 spiro atoms. The average Bonchev–Trinajstić information content (AvgIpc) is 3.14. The first-order valence-corrected chi connectivity index (χ1v) is 8.44. The molecule has 1 N–H and O–H groups in total. The molecule has 0 saturated carbocycles. The summed E-state index contributed by atoms with van der Waals surface area (Å²) in [7, 11) is 0. The summed E-state index contributed by atoms with van der Waals surface area (Å²) < 4.78 is 43.1. The molecule has 0 aliphatic heterocycles. The number of hydrogen-bond donors (Lipinski definition) is 1. The molecule has 4 nitrogen and oxygen atoms in total. The standard InChI is InChI=1S/C18H11F3N2O2S/c1-8-14(9-4-2-3-5-12(9)23(8)7-13(24)25)18-22-16-15(21)10(19)6-11(20)17(16)26-18/h2-6H,7H2,1H3,(H,24,25). The predicted molar refractivity (Wildman–Crippen MR) is 92.8 cm³/mol. The molecule has 0 fully saturated rings. The van der Waals surface area contributed by atoms with Gasteiger partial charge in [0, 0.05) is 28.2 Å². The van der Waals surface area contributed by atoms with E-state index in [0.29, 0.717) is 33.2 Å².